The second-order valence-electron chi connectivity index (χ2n) is 9.28. The minimum absolute atomic E-state index is 0.495. The Labute approximate surface area is 190 Å². The molecule has 0 saturated carbocycles. The van der Waals surface area contributed by atoms with Crippen molar-refractivity contribution in [1.82, 2.24) is 9.88 Å². The largest absolute Gasteiger partial charge is 0.421 e. The maximum atomic E-state index is 10.1. The highest BCUT2D eigenvalue weighted by molar-refractivity contribution is 6.03. The number of rotatable bonds is 4. The molecular weight excluding hydrogens is 398 g/mol. The van der Waals surface area contributed by atoms with Crippen molar-refractivity contribution in [1.29, 1.82) is 5.26 Å². The fourth-order valence-electron chi connectivity index (χ4n) is 5.22. The first-order chi connectivity index (χ1) is 15.6. The van der Waals surface area contributed by atoms with E-state index in [4.69, 9.17) is 9.40 Å². The van der Waals surface area contributed by atoms with Gasteiger partial charge in [-0.25, -0.2) is 0 Å². The minimum Gasteiger partial charge on any atom is -0.421 e. The molecule has 3 heterocycles. The molecule has 0 aliphatic carbocycles. The van der Waals surface area contributed by atoms with Crippen molar-refractivity contribution in [2.75, 3.05) is 50.1 Å². The summed E-state index contributed by atoms with van der Waals surface area (Å²) in [7, 11) is 4.30. The van der Waals surface area contributed by atoms with Crippen LogP contribution >= 0.6 is 0 Å². The SMILES string of the molecule is Cc1c(-c2ccccc2)c(N2CCC(N(C)C)C2)c2oc(N3CCCCC3)nc2c1C#N. The average molecular weight is 430 g/mol. The lowest BCUT2D eigenvalue weighted by atomic mass is 9.93. The Morgan fingerprint density at radius 1 is 1.06 bits per heavy atom. The van der Waals surface area contributed by atoms with Gasteiger partial charge in [0.2, 0.25) is 0 Å². The summed E-state index contributed by atoms with van der Waals surface area (Å²) >= 11 is 0. The van der Waals surface area contributed by atoms with Crippen LogP contribution in [-0.2, 0) is 0 Å². The maximum absolute atomic E-state index is 10.1. The van der Waals surface area contributed by atoms with Crippen LogP contribution in [0.25, 0.3) is 22.2 Å². The van der Waals surface area contributed by atoms with Crippen molar-refractivity contribution in [3.8, 4) is 17.2 Å². The molecule has 3 aromatic rings. The fourth-order valence-corrected chi connectivity index (χ4v) is 5.22. The van der Waals surface area contributed by atoms with Gasteiger partial charge in [-0.1, -0.05) is 30.3 Å². The first-order valence-electron chi connectivity index (χ1n) is 11.7. The zero-order valence-electron chi connectivity index (χ0n) is 19.3. The predicted molar refractivity (Wildman–Crippen MR) is 129 cm³/mol. The number of aromatic nitrogens is 1. The Kier molecular flexibility index (Phi) is 5.52. The topological polar surface area (TPSA) is 59.5 Å². The quantitative estimate of drug-likeness (QED) is 0.593. The molecule has 0 spiro atoms. The van der Waals surface area contributed by atoms with Crippen molar-refractivity contribution < 1.29 is 4.42 Å². The summed E-state index contributed by atoms with van der Waals surface area (Å²) in [6.07, 6.45) is 4.67. The Morgan fingerprint density at radius 2 is 1.81 bits per heavy atom. The fraction of sp³-hybridized carbons (Fsp3) is 0.462. The van der Waals surface area contributed by atoms with Crippen molar-refractivity contribution in [3.05, 3.63) is 41.5 Å². The van der Waals surface area contributed by atoms with E-state index < -0.39 is 0 Å². The molecule has 0 radical (unpaired) electrons. The molecule has 0 amide bonds. The van der Waals surface area contributed by atoms with Crippen molar-refractivity contribution in [3.63, 3.8) is 0 Å². The summed E-state index contributed by atoms with van der Waals surface area (Å²) in [6, 6.07) is 14.0. The number of likely N-dealkylation sites (N-methyl/N-ethyl adjacent to an activating group) is 1. The standard InChI is InChI=1S/C26H31N5O/c1-18-21(16-27)23-25(32-26(28-23)30-13-8-5-9-14-30)24(22(18)19-10-6-4-7-11-19)31-15-12-20(17-31)29(2)3/h4,6-7,10-11,20H,5,8-9,12-15,17H2,1-3H3. The second kappa shape index (κ2) is 8.48. The van der Waals surface area contributed by atoms with Crippen molar-refractivity contribution in [2.45, 2.75) is 38.6 Å². The molecule has 2 aromatic carbocycles. The number of nitriles is 1. The van der Waals surface area contributed by atoms with Gasteiger partial charge in [0.05, 0.1) is 11.3 Å². The highest BCUT2D eigenvalue weighted by Gasteiger charge is 2.32. The van der Waals surface area contributed by atoms with E-state index in [2.05, 4.69) is 66.1 Å². The smallest absolute Gasteiger partial charge is 0.298 e. The number of anilines is 2. The van der Waals surface area contributed by atoms with Crippen LogP contribution < -0.4 is 9.80 Å². The predicted octanol–water partition coefficient (Wildman–Crippen LogP) is 4.81. The summed E-state index contributed by atoms with van der Waals surface area (Å²) in [6.45, 7) is 5.87. The number of hydrogen-bond donors (Lipinski definition) is 0. The number of oxazole rings is 1. The molecule has 166 valence electrons. The molecule has 0 N–H and O–H groups in total. The third kappa shape index (κ3) is 3.51. The van der Waals surface area contributed by atoms with E-state index in [0.29, 0.717) is 23.1 Å². The summed E-state index contributed by atoms with van der Waals surface area (Å²) < 4.78 is 6.51. The molecule has 5 rings (SSSR count). The molecule has 32 heavy (non-hydrogen) atoms. The minimum atomic E-state index is 0.495. The highest BCUT2D eigenvalue weighted by Crippen LogP contribution is 2.45. The average Bonchev–Trinajstić information content (AvgIpc) is 3.48. The van der Waals surface area contributed by atoms with Gasteiger partial charge in [-0.2, -0.15) is 10.2 Å². The van der Waals surface area contributed by atoms with Gasteiger partial charge in [-0.15, -0.1) is 0 Å². The second-order valence-corrected chi connectivity index (χ2v) is 9.28. The Bertz CT molecular complexity index is 1150. The van der Waals surface area contributed by atoms with Gasteiger partial charge in [0.15, 0.2) is 5.58 Å². The van der Waals surface area contributed by atoms with Crippen LogP contribution in [0.1, 0.15) is 36.8 Å². The normalized spacial score (nSPS) is 19.2. The van der Waals surface area contributed by atoms with Crippen LogP contribution in [0, 0.1) is 18.3 Å². The van der Waals surface area contributed by atoms with Crippen LogP contribution in [0.5, 0.6) is 0 Å². The molecule has 2 saturated heterocycles. The van der Waals surface area contributed by atoms with Crippen LogP contribution in [0.15, 0.2) is 34.7 Å². The van der Waals surface area contributed by atoms with Gasteiger partial charge in [0, 0.05) is 37.8 Å². The molecule has 6 heteroatoms. The van der Waals surface area contributed by atoms with Gasteiger partial charge in [-0.3, -0.25) is 0 Å². The van der Waals surface area contributed by atoms with Crippen molar-refractivity contribution in [2.24, 2.45) is 0 Å². The van der Waals surface area contributed by atoms with E-state index in [1.165, 1.54) is 6.42 Å². The summed E-state index contributed by atoms with van der Waals surface area (Å²) in [4.78, 5) is 11.9. The third-order valence-electron chi connectivity index (χ3n) is 7.07. The van der Waals surface area contributed by atoms with Crippen LogP contribution in [0.4, 0.5) is 11.7 Å². The molecule has 0 bridgehead atoms. The van der Waals surface area contributed by atoms with Gasteiger partial charge in [0.25, 0.3) is 6.01 Å². The third-order valence-corrected chi connectivity index (χ3v) is 7.07. The molecule has 2 fully saturated rings. The zero-order chi connectivity index (χ0) is 22.2. The van der Waals surface area contributed by atoms with Gasteiger partial charge >= 0.3 is 0 Å². The van der Waals surface area contributed by atoms with E-state index in [9.17, 15) is 5.26 Å². The summed E-state index contributed by atoms with van der Waals surface area (Å²) in [5.41, 5.74) is 6.35. The number of hydrogen-bond acceptors (Lipinski definition) is 6. The number of fused-ring (bicyclic) bond motifs is 1. The first kappa shape index (κ1) is 20.8. The lowest BCUT2D eigenvalue weighted by Gasteiger charge is -2.26. The van der Waals surface area contributed by atoms with Crippen molar-refractivity contribution >= 4 is 22.8 Å². The highest BCUT2D eigenvalue weighted by atomic mass is 16.4. The molecule has 2 aliphatic heterocycles. The molecule has 6 nitrogen and oxygen atoms in total. The molecular formula is C26H31N5O. The van der Waals surface area contributed by atoms with Crippen LogP contribution in [0.2, 0.25) is 0 Å². The molecule has 1 atom stereocenters. The summed E-state index contributed by atoms with van der Waals surface area (Å²) in [5, 5.41) is 10.1. The zero-order valence-corrected chi connectivity index (χ0v) is 19.3. The lowest BCUT2D eigenvalue weighted by Crippen LogP contribution is -2.31. The van der Waals surface area contributed by atoms with E-state index >= 15 is 0 Å². The van der Waals surface area contributed by atoms with Gasteiger partial charge < -0.3 is 19.1 Å². The Hall–Kier alpha value is -3.04. The Morgan fingerprint density at radius 3 is 2.47 bits per heavy atom. The maximum Gasteiger partial charge on any atom is 0.298 e. The summed E-state index contributed by atoms with van der Waals surface area (Å²) in [5.74, 6) is 0. The number of nitrogens with zero attached hydrogens (tertiary/aromatic N) is 5. The van der Waals surface area contributed by atoms with E-state index in [-0.39, 0.29) is 0 Å². The van der Waals surface area contributed by atoms with E-state index in [1.54, 1.807) is 0 Å². The number of benzene rings is 2. The number of piperidine rings is 1. The van der Waals surface area contributed by atoms with Gasteiger partial charge in [0.1, 0.15) is 11.6 Å². The van der Waals surface area contributed by atoms with Crippen LogP contribution in [-0.4, -0.2) is 56.2 Å². The first-order valence-corrected chi connectivity index (χ1v) is 11.7. The molecule has 1 unspecified atom stereocenters. The van der Waals surface area contributed by atoms with E-state index in [0.717, 1.165) is 73.4 Å². The lowest BCUT2D eigenvalue weighted by molar-refractivity contribution is 0.315. The Balaban J connectivity index is 1.75. The van der Waals surface area contributed by atoms with Gasteiger partial charge in [-0.05, 0) is 57.8 Å². The van der Waals surface area contributed by atoms with Crippen LogP contribution in [0.3, 0.4) is 0 Å². The molecule has 2 aliphatic rings. The monoisotopic (exact) mass is 429 g/mol. The molecule has 1 aromatic heterocycles. The van der Waals surface area contributed by atoms with E-state index in [1.807, 2.05) is 6.07 Å².